The van der Waals surface area contributed by atoms with Gasteiger partial charge in [-0.15, -0.1) is 0 Å². The summed E-state index contributed by atoms with van der Waals surface area (Å²) >= 11 is 0. The monoisotopic (exact) mass is 482 g/mol. The third kappa shape index (κ3) is 8.66. The maximum absolute atomic E-state index is 11.7. The van der Waals surface area contributed by atoms with Gasteiger partial charge in [0, 0.05) is 53.6 Å². The molecule has 31 heavy (non-hydrogen) atoms. The molecular formula is C17H34N6O6S2. The highest BCUT2D eigenvalue weighted by atomic mass is 32.2. The minimum absolute atomic E-state index is 0. The molecule has 0 aromatic carbocycles. The summed E-state index contributed by atoms with van der Waals surface area (Å²) in [5.74, 6) is 0. The summed E-state index contributed by atoms with van der Waals surface area (Å²) in [6.07, 6.45) is 4.78. The predicted octanol–water partition coefficient (Wildman–Crippen LogP) is -0.120. The SMILES string of the molecule is C.C1CO1.Cc1cn(S(=O)(=O)N(C)C)nc1CCO.Cc1cnn(S(=O)(=O)N(C)C)c1. The van der Waals surface area contributed by atoms with E-state index in [9.17, 15) is 16.8 Å². The molecule has 0 unspecified atom stereocenters. The number of hydrogen-bond donors (Lipinski definition) is 1. The third-order valence-electron chi connectivity index (χ3n) is 3.62. The van der Waals surface area contributed by atoms with E-state index in [1.807, 2.05) is 0 Å². The van der Waals surface area contributed by atoms with Crippen molar-refractivity contribution < 1.29 is 26.7 Å². The van der Waals surface area contributed by atoms with Crippen molar-refractivity contribution in [2.24, 2.45) is 0 Å². The second-order valence-corrected chi connectivity index (χ2v) is 10.7. The summed E-state index contributed by atoms with van der Waals surface area (Å²) in [5, 5.41) is 16.4. The average molecular weight is 483 g/mol. The largest absolute Gasteiger partial charge is 0.396 e. The highest BCUT2D eigenvalue weighted by molar-refractivity contribution is 7.87. The van der Waals surface area contributed by atoms with Crippen molar-refractivity contribution in [3.8, 4) is 0 Å². The summed E-state index contributed by atoms with van der Waals surface area (Å²) in [6.45, 7) is 5.51. The van der Waals surface area contributed by atoms with Gasteiger partial charge in [-0.3, -0.25) is 0 Å². The van der Waals surface area contributed by atoms with Gasteiger partial charge in [0.1, 0.15) is 0 Å². The molecule has 180 valence electrons. The van der Waals surface area contributed by atoms with Gasteiger partial charge in [-0.1, -0.05) is 7.43 Å². The standard InChI is InChI=1S/C8H15N3O3S.C6H11N3O2S.C2H4O.CH4/c1-7-6-11(9-8(7)4-5-12)15(13,14)10(2)3;1-6-4-7-9(5-6)12(10,11)8(2)3;1-2-3-1;/h6,12H,4-5H2,1-3H3;4-5H,1-3H3;1-2H2;1H4. The number of epoxide rings is 1. The first-order valence-corrected chi connectivity index (χ1v) is 11.7. The Hall–Kier alpha value is -1.84. The molecule has 1 N–H and O–H groups in total. The number of aryl methyl sites for hydroxylation is 2. The van der Waals surface area contributed by atoms with Gasteiger partial charge in [-0.05, 0) is 25.0 Å². The molecule has 1 aliphatic rings. The normalized spacial score (nSPS) is 13.1. The number of ether oxygens (including phenoxy) is 1. The second kappa shape index (κ2) is 12.3. The van der Waals surface area contributed by atoms with E-state index >= 15 is 0 Å². The van der Waals surface area contributed by atoms with Crippen LogP contribution in [-0.2, 0) is 31.6 Å². The minimum atomic E-state index is -3.54. The Kier molecular flexibility index (Phi) is 11.5. The molecule has 0 aliphatic carbocycles. The molecule has 12 nitrogen and oxygen atoms in total. The molecule has 1 fully saturated rings. The van der Waals surface area contributed by atoms with Crippen LogP contribution >= 0.6 is 0 Å². The molecule has 14 heteroatoms. The topological polar surface area (TPSA) is 143 Å². The van der Waals surface area contributed by atoms with E-state index < -0.39 is 20.4 Å². The average Bonchev–Trinajstić information content (AvgIpc) is 3.40. The zero-order chi connectivity index (χ0) is 23.1. The Bertz CT molecular complexity index is 1010. The van der Waals surface area contributed by atoms with Crippen LogP contribution in [-0.4, -0.2) is 96.9 Å². The summed E-state index contributed by atoms with van der Waals surface area (Å²) in [7, 11) is -1.14. The number of hydrogen-bond acceptors (Lipinski definition) is 8. The van der Waals surface area contributed by atoms with E-state index in [0.29, 0.717) is 12.1 Å². The van der Waals surface area contributed by atoms with Crippen molar-refractivity contribution >= 4 is 20.4 Å². The van der Waals surface area contributed by atoms with Crippen LogP contribution in [0, 0.1) is 13.8 Å². The first-order valence-electron chi connectivity index (χ1n) is 8.95. The Balaban J connectivity index is 0.000000503. The molecule has 2 aromatic heterocycles. The van der Waals surface area contributed by atoms with E-state index in [2.05, 4.69) is 14.9 Å². The van der Waals surface area contributed by atoms with E-state index in [-0.39, 0.29) is 14.0 Å². The zero-order valence-corrected chi connectivity index (χ0v) is 19.7. The minimum Gasteiger partial charge on any atom is -0.396 e. The molecule has 1 saturated heterocycles. The molecule has 0 amide bonds. The van der Waals surface area contributed by atoms with Crippen LogP contribution in [0.3, 0.4) is 0 Å². The van der Waals surface area contributed by atoms with Crippen LogP contribution in [0.4, 0.5) is 0 Å². The Morgan fingerprint density at radius 2 is 1.48 bits per heavy atom. The van der Waals surface area contributed by atoms with Crippen LogP contribution in [0.15, 0.2) is 18.6 Å². The van der Waals surface area contributed by atoms with Gasteiger partial charge in [0.2, 0.25) is 0 Å². The number of rotatable bonds is 6. The van der Waals surface area contributed by atoms with Gasteiger partial charge < -0.3 is 9.84 Å². The molecule has 2 aromatic rings. The van der Waals surface area contributed by atoms with Crippen molar-refractivity contribution in [2.45, 2.75) is 27.7 Å². The number of aliphatic hydroxyl groups is 1. The van der Waals surface area contributed by atoms with Crippen molar-refractivity contribution in [2.75, 3.05) is 48.0 Å². The predicted molar refractivity (Wildman–Crippen MR) is 118 cm³/mol. The summed E-state index contributed by atoms with van der Waals surface area (Å²) in [4.78, 5) is 0. The van der Waals surface area contributed by atoms with E-state index in [4.69, 9.17) is 5.11 Å². The molecule has 3 rings (SSSR count). The quantitative estimate of drug-likeness (QED) is 0.561. The van der Waals surface area contributed by atoms with Gasteiger partial charge in [0.05, 0.1) is 25.1 Å². The van der Waals surface area contributed by atoms with Gasteiger partial charge in [0.15, 0.2) is 0 Å². The zero-order valence-electron chi connectivity index (χ0n) is 18.0. The van der Waals surface area contributed by atoms with Crippen LogP contribution < -0.4 is 0 Å². The van der Waals surface area contributed by atoms with Crippen LogP contribution in [0.2, 0.25) is 0 Å². The number of nitrogens with zero attached hydrogens (tertiary/aromatic N) is 6. The van der Waals surface area contributed by atoms with Gasteiger partial charge in [-0.25, -0.2) is 0 Å². The Morgan fingerprint density at radius 1 is 1.00 bits per heavy atom. The third-order valence-corrected chi connectivity index (χ3v) is 6.79. The lowest BCUT2D eigenvalue weighted by molar-refractivity contribution is 0.297. The van der Waals surface area contributed by atoms with Crippen molar-refractivity contribution in [1.82, 2.24) is 27.0 Å². The lowest BCUT2D eigenvalue weighted by atomic mass is 10.2. The van der Waals surface area contributed by atoms with Crippen LogP contribution in [0.1, 0.15) is 24.2 Å². The van der Waals surface area contributed by atoms with E-state index in [1.54, 1.807) is 13.8 Å². The van der Waals surface area contributed by atoms with E-state index in [1.165, 1.54) is 46.8 Å². The lowest BCUT2D eigenvalue weighted by Crippen LogP contribution is -2.29. The smallest absolute Gasteiger partial charge is 0.322 e. The summed E-state index contributed by atoms with van der Waals surface area (Å²) in [5.41, 5.74) is 2.18. The molecule has 0 radical (unpaired) electrons. The lowest BCUT2D eigenvalue weighted by Gasteiger charge is -2.10. The fraction of sp³-hybridized carbons (Fsp3) is 0.647. The summed E-state index contributed by atoms with van der Waals surface area (Å²) in [6, 6.07) is 0. The molecular weight excluding hydrogens is 448 g/mol. The fourth-order valence-electron chi connectivity index (χ4n) is 1.79. The van der Waals surface area contributed by atoms with E-state index in [0.717, 1.165) is 41.1 Å². The highest BCUT2D eigenvalue weighted by Gasteiger charge is 2.19. The first kappa shape index (κ1) is 29.2. The maximum atomic E-state index is 11.7. The number of aliphatic hydroxyl groups excluding tert-OH is 1. The molecule has 0 atom stereocenters. The summed E-state index contributed by atoms with van der Waals surface area (Å²) < 4.78 is 54.6. The van der Waals surface area contributed by atoms with Crippen LogP contribution in [0.5, 0.6) is 0 Å². The first-order chi connectivity index (χ1) is 13.8. The Morgan fingerprint density at radius 3 is 1.84 bits per heavy atom. The fourth-order valence-corrected chi connectivity index (χ4v) is 3.42. The molecule has 1 aliphatic heterocycles. The van der Waals surface area contributed by atoms with Crippen molar-refractivity contribution in [3.63, 3.8) is 0 Å². The van der Waals surface area contributed by atoms with Gasteiger partial charge in [-0.2, -0.15) is 43.8 Å². The molecule has 0 spiro atoms. The van der Waals surface area contributed by atoms with Crippen LogP contribution in [0.25, 0.3) is 0 Å². The van der Waals surface area contributed by atoms with Crippen molar-refractivity contribution in [3.05, 3.63) is 35.4 Å². The van der Waals surface area contributed by atoms with Crippen molar-refractivity contribution in [1.29, 1.82) is 0 Å². The highest BCUT2D eigenvalue weighted by Crippen LogP contribution is 2.09. The van der Waals surface area contributed by atoms with Gasteiger partial charge in [0.25, 0.3) is 0 Å². The maximum Gasteiger partial charge on any atom is 0.322 e. The van der Waals surface area contributed by atoms with Gasteiger partial charge >= 0.3 is 20.4 Å². The number of aromatic nitrogens is 4. The molecule has 3 heterocycles. The second-order valence-electron chi connectivity index (χ2n) is 6.69. The molecule has 0 saturated carbocycles. The molecule has 0 bridgehead atoms. The Labute approximate surface area is 185 Å².